The predicted molar refractivity (Wildman–Crippen MR) is 29.4 cm³/mol. The molecule has 0 aliphatic rings. The Morgan fingerprint density at radius 3 is 2.43 bits per heavy atom. The largest absolute Gasteiger partial charge is 0.383 e. The van der Waals surface area contributed by atoms with Crippen molar-refractivity contribution in [3.8, 4) is 0 Å². The van der Waals surface area contributed by atoms with Crippen molar-refractivity contribution in [2.24, 2.45) is 0 Å². The summed E-state index contributed by atoms with van der Waals surface area (Å²) in [6, 6.07) is 0.352. The first-order valence-electron chi connectivity index (χ1n) is 2.39. The van der Waals surface area contributed by atoms with E-state index in [4.69, 9.17) is 4.74 Å². The predicted octanol–water partition coefficient (Wildman–Crippen LogP) is 0.256. The van der Waals surface area contributed by atoms with E-state index in [1.807, 2.05) is 6.92 Å². The maximum absolute atomic E-state index is 4.80. The molecular weight excluding hydrogens is 90.1 g/mol. The lowest BCUT2D eigenvalue weighted by Gasteiger charge is -2.03. The second-order valence-electron chi connectivity index (χ2n) is 1.56. The van der Waals surface area contributed by atoms with Gasteiger partial charge in [0.1, 0.15) is 0 Å². The summed E-state index contributed by atoms with van der Waals surface area (Å²) in [5.41, 5.74) is 0. The molecule has 0 rings (SSSR count). The van der Waals surface area contributed by atoms with Gasteiger partial charge in [0.2, 0.25) is 0 Å². The molecule has 7 heavy (non-hydrogen) atoms. The van der Waals surface area contributed by atoms with Crippen LogP contribution in [0.15, 0.2) is 0 Å². The third kappa shape index (κ3) is 3.76. The maximum atomic E-state index is 4.80. The number of rotatable bonds is 3. The second-order valence-corrected chi connectivity index (χ2v) is 1.56. The van der Waals surface area contributed by atoms with E-state index >= 15 is 0 Å². The van der Waals surface area contributed by atoms with E-state index in [0.717, 1.165) is 6.61 Å². The second kappa shape index (κ2) is 4.09. The Hall–Kier alpha value is -0.0800. The van der Waals surface area contributed by atoms with Gasteiger partial charge in [-0.3, -0.25) is 0 Å². The van der Waals surface area contributed by atoms with Crippen molar-refractivity contribution < 1.29 is 4.74 Å². The van der Waals surface area contributed by atoms with Crippen LogP contribution in [0.25, 0.3) is 0 Å². The van der Waals surface area contributed by atoms with Gasteiger partial charge >= 0.3 is 0 Å². The first-order valence-corrected chi connectivity index (χ1v) is 2.39. The number of hydrogen-bond acceptors (Lipinski definition) is 1. The molecule has 1 unspecified atom stereocenters. The maximum Gasteiger partial charge on any atom is 0.0629 e. The van der Waals surface area contributed by atoms with Crippen LogP contribution >= 0.6 is 0 Å². The molecule has 1 radical (unpaired) electrons. The van der Waals surface area contributed by atoms with Crippen LogP contribution in [0.3, 0.4) is 0 Å². The number of hydrogen-bond donors (Lipinski definition) is 0. The average Bonchev–Trinajstić information content (AvgIpc) is 1.68. The van der Waals surface area contributed by atoms with Crippen LogP contribution in [-0.2, 0) is 4.74 Å². The summed E-state index contributed by atoms with van der Waals surface area (Å²) in [6.07, 6.45) is 0. The van der Waals surface area contributed by atoms with Gasteiger partial charge in [-0.15, -0.1) is 0 Å². The molecule has 0 bridgehead atoms. The molecule has 0 heterocycles. The van der Waals surface area contributed by atoms with Gasteiger partial charge in [0, 0.05) is 20.2 Å². The molecule has 0 saturated heterocycles. The number of likely N-dealkylation sites (N-methyl/N-ethyl adjacent to an activating group) is 1. The molecule has 0 aromatic heterocycles. The van der Waals surface area contributed by atoms with E-state index in [1.165, 1.54) is 0 Å². The minimum absolute atomic E-state index is 0.352. The Labute approximate surface area is 44.9 Å². The molecule has 0 amide bonds. The van der Waals surface area contributed by atoms with Crippen molar-refractivity contribution in [1.29, 1.82) is 0 Å². The van der Waals surface area contributed by atoms with Crippen molar-refractivity contribution in [2.45, 2.75) is 13.0 Å². The van der Waals surface area contributed by atoms with Crippen LogP contribution in [0.5, 0.6) is 0 Å². The Bertz CT molecular complexity index is 39.1. The normalized spacial score (nSPS) is 14.1. The summed E-state index contributed by atoms with van der Waals surface area (Å²) >= 11 is 0. The van der Waals surface area contributed by atoms with Crippen molar-refractivity contribution in [2.75, 3.05) is 20.8 Å². The van der Waals surface area contributed by atoms with E-state index < -0.39 is 0 Å². The molecular formula is C5H12NO. The topological polar surface area (TPSA) is 23.3 Å². The van der Waals surface area contributed by atoms with Gasteiger partial charge in [-0.05, 0) is 6.92 Å². The van der Waals surface area contributed by atoms with Crippen LogP contribution in [0.2, 0.25) is 0 Å². The molecule has 0 N–H and O–H groups in total. The zero-order chi connectivity index (χ0) is 5.70. The fraction of sp³-hybridized carbons (Fsp3) is 1.00. The van der Waals surface area contributed by atoms with Crippen molar-refractivity contribution >= 4 is 0 Å². The fourth-order valence-electron chi connectivity index (χ4n) is 0.316. The van der Waals surface area contributed by atoms with Crippen molar-refractivity contribution in [1.82, 2.24) is 5.32 Å². The summed E-state index contributed by atoms with van der Waals surface area (Å²) < 4.78 is 4.80. The van der Waals surface area contributed by atoms with Gasteiger partial charge in [-0.25, -0.2) is 5.32 Å². The highest BCUT2D eigenvalue weighted by molar-refractivity contribution is 4.51. The van der Waals surface area contributed by atoms with Gasteiger partial charge in [0.05, 0.1) is 6.61 Å². The molecule has 0 aliphatic heterocycles. The summed E-state index contributed by atoms with van der Waals surface area (Å²) in [4.78, 5) is 0. The molecule has 0 aliphatic carbocycles. The minimum atomic E-state index is 0.352. The van der Waals surface area contributed by atoms with Crippen LogP contribution in [0.1, 0.15) is 6.92 Å². The Morgan fingerprint density at radius 1 is 1.71 bits per heavy atom. The SMILES string of the molecule is C[N]C(C)COC. The lowest BCUT2D eigenvalue weighted by molar-refractivity contribution is 0.174. The number of methoxy groups -OCH3 is 1. The van der Waals surface area contributed by atoms with Gasteiger partial charge in [0.25, 0.3) is 0 Å². The highest BCUT2D eigenvalue weighted by atomic mass is 16.5. The molecule has 1 atom stereocenters. The first kappa shape index (κ1) is 6.92. The molecule has 0 aromatic carbocycles. The third-order valence-corrected chi connectivity index (χ3v) is 0.849. The van der Waals surface area contributed by atoms with Crippen LogP contribution < -0.4 is 5.32 Å². The zero-order valence-corrected chi connectivity index (χ0v) is 5.14. The fourth-order valence-corrected chi connectivity index (χ4v) is 0.316. The molecule has 0 fully saturated rings. The summed E-state index contributed by atoms with van der Waals surface area (Å²) in [7, 11) is 3.48. The van der Waals surface area contributed by atoms with E-state index in [2.05, 4.69) is 5.32 Å². The smallest absolute Gasteiger partial charge is 0.0629 e. The van der Waals surface area contributed by atoms with Crippen LogP contribution in [0.4, 0.5) is 0 Å². The average molecular weight is 102 g/mol. The molecule has 0 aromatic rings. The summed E-state index contributed by atoms with van der Waals surface area (Å²) in [6.45, 7) is 2.75. The van der Waals surface area contributed by atoms with E-state index in [0.29, 0.717) is 6.04 Å². The Kier molecular flexibility index (Phi) is 4.04. The molecule has 2 nitrogen and oxygen atoms in total. The standard InChI is InChI=1S/C5H12NO/c1-5(6-2)4-7-3/h5H,4H2,1-3H3. The molecule has 43 valence electrons. The van der Waals surface area contributed by atoms with E-state index in [9.17, 15) is 0 Å². The zero-order valence-electron chi connectivity index (χ0n) is 5.14. The van der Waals surface area contributed by atoms with Crippen LogP contribution in [-0.4, -0.2) is 26.8 Å². The minimum Gasteiger partial charge on any atom is -0.383 e. The lowest BCUT2D eigenvalue weighted by Crippen LogP contribution is -2.19. The monoisotopic (exact) mass is 102 g/mol. The first-order chi connectivity index (χ1) is 3.31. The van der Waals surface area contributed by atoms with Gasteiger partial charge in [-0.1, -0.05) is 0 Å². The van der Waals surface area contributed by atoms with Gasteiger partial charge in [0.15, 0.2) is 0 Å². The summed E-state index contributed by atoms with van der Waals surface area (Å²) in [5, 5.41) is 3.95. The lowest BCUT2D eigenvalue weighted by atomic mass is 10.4. The van der Waals surface area contributed by atoms with E-state index in [1.54, 1.807) is 14.2 Å². The third-order valence-electron chi connectivity index (χ3n) is 0.849. The van der Waals surface area contributed by atoms with Crippen molar-refractivity contribution in [3.05, 3.63) is 0 Å². The highest BCUT2D eigenvalue weighted by Gasteiger charge is 1.93. The molecule has 0 saturated carbocycles. The Balaban J connectivity index is 2.83. The summed E-state index contributed by atoms with van der Waals surface area (Å²) in [5.74, 6) is 0. The highest BCUT2D eigenvalue weighted by Crippen LogP contribution is 1.78. The number of nitrogens with zero attached hydrogens (tertiary/aromatic N) is 1. The van der Waals surface area contributed by atoms with Gasteiger partial charge in [-0.2, -0.15) is 0 Å². The Morgan fingerprint density at radius 2 is 2.29 bits per heavy atom. The van der Waals surface area contributed by atoms with Crippen LogP contribution in [0, 0.1) is 0 Å². The van der Waals surface area contributed by atoms with Crippen molar-refractivity contribution in [3.63, 3.8) is 0 Å². The quantitative estimate of drug-likeness (QED) is 0.501. The molecule has 2 heteroatoms. The number of ether oxygens (including phenoxy) is 1. The molecule has 0 spiro atoms. The van der Waals surface area contributed by atoms with Gasteiger partial charge < -0.3 is 4.74 Å². The van der Waals surface area contributed by atoms with E-state index in [-0.39, 0.29) is 0 Å².